The number of nitrogen functional groups attached to an aromatic ring is 1. The van der Waals surface area contributed by atoms with Crippen LogP contribution in [0.4, 0.5) is 11.5 Å². The Morgan fingerprint density at radius 1 is 1.09 bits per heavy atom. The van der Waals surface area contributed by atoms with Crippen LogP contribution >= 0.6 is 0 Å². The average molecular weight is 475 g/mol. The summed E-state index contributed by atoms with van der Waals surface area (Å²) in [4.78, 5) is 42.9. The first kappa shape index (κ1) is 22.5. The van der Waals surface area contributed by atoms with Crippen molar-refractivity contribution in [1.82, 2.24) is 9.55 Å². The summed E-state index contributed by atoms with van der Waals surface area (Å²) in [5, 5.41) is 0. The molecule has 0 unspecified atom stereocenters. The monoisotopic (exact) mass is 474 g/mol. The highest BCUT2D eigenvalue weighted by Gasteiger charge is 2.31. The van der Waals surface area contributed by atoms with E-state index in [0.717, 1.165) is 36.8 Å². The zero-order valence-corrected chi connectivity index (χ0v) is 19.1. The second-order valence-electron chi connectivity index (χ2n) is 8.66. The molecule has 3 aromatic rings. The number of aromatic amines is 1. The third-order valence-electron chi connectivity index (χ3n) is 6.38. The summed E-state index contributed by atoms with van der Waals surface area (Å²) in [6, 6.07) is 14.5. The molecule has 1 aliphatic heterocycles. The Hall–Kier alpha value is -4.27. The van der Waals surface area contributed by atoms with E-state index in [2.05, 4.69) is 4.98 Å². The summed E-state index contributed by atoms with van der Waals surface area (Å²) in [5.41, 5.74) is 6.72. The van der Waals surface area contributed by atoms with Gasteiger partial charge in [0.15, 0.2) is 17.2 Å². The van der Waals surface area contributed by atoms with Crippen molar-refractivity contribution in [1.29, 1.82) is 0 Å². The Bertz CT molecular complexity index is 1390. The van der Waals surface area contributed by atoms with Gasteiger partial charge in [0.25, 0.3) is 11.5 Å². The number of hydrogen-bond donors (Lipinski definition) is 2. The van der Waals surface area contributed by atoms with Crippen molar-refractivity contribution in [3.63, 3.8) is 0 Å². The van der Waals surface area contributed by atoms with E-state index in [-0.39, 0.29) is 36.8 Å². The molecule has 1 aliphatic carbocycles. The Morgan fingerprint density at radius 2 is 1.83 bits per heavy atom. The molecule has 2 aliphatic rings. The minimum atomic E-state index is -0.673. The smallest absolute Gasteiger partial charge is 0.330 e. The second kappa shape index (κ2) is 9.54. The molecule has 1 fully saturated rings. The fraction of sp³-hybridized carbons (Fsp3) is 0.269. The van der Waals surface area contributed by atoms with E-state index in [4.69, 9.17) is 15.2 Å². The van der Waals surface area contributed by atoms with Crippen LogP contribution < -0.4 is 31.4 Å². The molecule has 0 radical (unpaired) electrons. The quantitative estimate of drug-likeness (QED) is 0.530. The van der Waals surface area contributed by atoms with Gasteiger partial charge in [0.2, 0.25) is 6.79 Å². The number of anilines is 2. The van der Waals surface area contributed by atoms with Gasteiger partial charge in [-0.25, -0.2) is 4.79 Å². The Labute approximate surface area is 201 Å². The van der Waals surface area contributed by atoms with Crippen LogP contribution in [0.15, 0.2) is 64.2 Å². The fourth-order valence-corrected chi connectivity index (χ4v) is 4.63. The molecule has 9 nitrogen and oxygen atoms in total. The Balaban J connectivity index is 1.51. The summed E-state index contributed by atoms with van der Waals surface area (Å²) in [7, 11) is 0. The lowest BCUT2D eigenvalue weighted by molar-refractivity contribution is -0.114. The molecule has 0 saturated heterocycles. The maximum absolute atomic E-state index is 13.5. The molecule has 1 saturated carbocycles. The number of fused-ring (bicyclic) bond motifs is 1. The Kier molecular flexibility index (Phi) is 6.13. The largest absolute Gasteiger partial charge is 0.454 e. The maximum atomic E-state index is 13.5. The van der Waals surface area contributed by atoms with Gasteiger partial charge in [-0.2, -0.15) is 0 Å². The molecule has 180 valence electrons. The Morgan fingerprint density at radius 3 is 2.60 bits per heavy atom. The molecular formula is C26H26N4O5. The van der Waals surface area contributed by atoms with Crippen LogP contribution in [-0.2, 0) is 11.3 Å². The van der Waals surface area contributed by atoms with Crippen molar-refractivity contribution in [3.05, 3.63) is 86.6 Å². The van der Waals surface area contributed by atoms with E-state index >= 15 is 0 Å². The number of ether oxygens (including phenoxy) is 2. The number of carbonyl (C=O) groups excluding carboxylic acids is 1. The number of nitrogens with one attached hydrogen (secondary N) is 1. The van der Waals surface area contributed by atoms with Crippen molar-refractivity contribution in [2.75, 3.05) is 17.4 Å². The topological polar surface area (TPSA) is 120 Å². The summed E-state index contributed by atoms with van der Waals surface area (Å²) < 4.78 is 12.0. The van der Waals surface area contributed by atoms with Crippen LogP contribution in [0.2, 0.25) is 0 Å². The van der Waals surface area contributed by atoms with E-state index in [0.29, 0.717) is 11.5 Å². The van der Waals surface area contributed by atoms with E-state index in [9.17, 15) is 14.4 Å². The lowest BCUT2D eigenvalue weighted by Crippen LogP contribution is -2.45. The third kappa shape index (κ3) is 4.57. The molecule has 0 atom stereocenters. The second-order valence-corrected chi connectivity index (χ2v) is 8.66. The predicted molar refractivity (Wildman–Crippen MR) is 133 cm³/mol. The number of nitrogens with two attached hydrogens (primary N) is 1. The van der Waals surface area contributed by atoms with Crippen LogP contribution in [0.25, 0.3) is 6.08 Å². The van der Waals surface area contributed by atoms with Gasteiger partial charge >= 0.3 is 5.69 Å². The first-order valence-corrected chi connectivity index (χ1v) is 11.6. The lowest BCUT2D eigenvalue weighted by Gasteiger charge is -2.29. The first-order valence-electron chi connectivity index (χ1n) is 11.6. The minimum absolute atomic E-state index is 0.00719. The number of benzene rings is 2. The van der Waals surface area contributed by atoms with Crippen LogP contribution in [-0.4, -0.2) is 28.3 Å². The number of H-pyrrole nitrogens is 1. The van der Waals surface area contributed by atoms with Gasteiger partial charge in [-0.1, -0.05) is 49.2 Å². The summed E-state index contributed by atoms with van der Waals surface area (Å²) in [5.74, 6) is 0.859. The molecule has 3 N–H and O–H groups in total. The molecule has 0 bridgehead atoms. The van der Waals surface area contributed by atoms with Crippen LogP contribution in [0.5, 0.6) is 11.5 Å². The normalized spacial score (nSPS) is 15.1. The number of carbonyl (C=O) groups is 1. The summed E-state index contributed by atoms with van der Waals surface area (Å²) in [6.45, 7) is 0.340. The van der Waals surface area contributed by atoms with Crippen molar-refractivity contribution in [2.45, 2.75) is 38.3 Å². The third-order valence-corrected chi connectivity index (χ3v) is 6.38. The number of rotatable bonds is 6. The highest BCUT2D eigenvalue weighted by Crippen LogP contribution is 2.33. The van der Waals surface area contributed by atoms with E-state index < -0.39 is 11.2 Å². The van der Waals surface area contributed by atoms with Crippen molar-refractivity contribution < 1.29 is 14.3 Å². The van der Waals surface area contributed by atoms with E-state index in [1.807, 2.05) is 36.4 Å². The molecule has 1 aromatic heterocycles. The molecule has 2 aromatic carbocycles. The summed E-state index contributed by atoms with van der Waals surface area (Å²) >= 11 is 0. The van der Waals surface area contributed by atoms with Gasteiger partial charge in [0, 0.05) is 12.1 Å². The molecule has 2 heterocycles. The number of amides is 1. The van der Waals surface area contributed by atoms with E-state index in [1.165, 1.54) is 15.5 Å². The number of nitrogens with zero attached hydrogens (tertiary/aromatic N) is 2. The van der Waals surface area contributed by atoms with Gasteiger partial charge in [0.1, 0.15) is 5.82 Å². The average Bonchev–Trinajstić information content (AvgIpc) is 3.55. The van der Waals surface area contributed by atoms with E-state index in [1.54, 1.807) is 18.2 Å². The summed E-state index contributed by atoms with van der Waals surface area (Å²) in [6.07, 6.45) is 6.47. The van der Waals surface area contributed by atoms with Crippen LogP contribution in [0.3, 0.4) is 0 Å². The van der Waals surface area contributed by atoms with Gasteiger partial charge in [0.05, 0.1) is 6.54 Å². The minimum Gasteiger partial charge on any atom is -0.454 e. The fourth-order valence-electron chi connectivity index (χ4n) is 4.63. The molecule has 9 heteroatoms. The zero-order chi connectivity index (χ0) is 24.4. The maximum Gasteiger partial charge on any atom is 0.330 e. The highest BCUT2D eigenvalue weighted by atomic mass is 16.7. The first-order chi connectivity index (χ1) is 17.0. The SMILES string of the molecule is Nc1c(N(C(=O)C=Cc2ccc3c(c2)OCO3)C2CCCC2)c(=O)[nH]c(=O)n1Cc1ccccc1. The molecule has 5 rings (SSSR count). The van der Waals surface area contributed by atoms with Crippen LogP contribution in [0.1, 0.15) is 36.8 Å². The van der Waals surface area contributed by atoms with Crippen LogP contribution in [0, 0.1) is 0 Å². The predicted octanol–water partition coefficient (Wildman–Crippen LogP) is 2.88. The number of aromatic nitrogens is 2. The van der Waals surface area contributed by atoms with Crippen molar-refractivity contribution in [2.24, 2.45) is 0 Å². The highest BCUT2D eigenvalue weighted by molar-refractivity contribution is 6.05. The molecular weight excluding hydrogens is 448 g/mol. The van der Waals surface area contributed by atoms with Gasteiger partial charge in [-0.15, -0.1) is 0 Å². The van der Waals surface area contributed by atoms with Gasteiger partial charge < -0.3 is 15.2 Å². The lowest BCUT2D eigenvalue weighted by atomic mass is 10.1. The molecule has 35 heavy (non-hydrogen) atoms. The van der Waals surface area contributed by atoms with Gasteiger partial charge in [-0.05, 0) is 42.2 Å². The standard InChI is InChI=1S/C26H26N4O5/c27-24-23(25(32)28-26(33)29(24)15-18-6-2-1-3-7-18)30(19-8-4-5-9-19)22(31)13-11-17-10-12-20-21(14-17)35-16-34-20/h1-3,6-7,10-14,19H,4-5,8-9,15-16,27H2,(H,28,32,33). The number of hydrogen-bond acceptors (Lipinski definition) is 6. The van der Waals surface area contributed by atoms with Gasteiger partial charge in [-0.3, -0.25) is 24.0 Å². The molecule has 1 amide bonds. The molecule has 0 spiro atoms. The van der Waals surface area contributed by atoms with Crippen molar-refractivity contribution >= 4 is 23.5 Å². The zero-order valence-electron chi connectivity index (χ0n) is 19.1. The van der Waals surface area contributed by atoms with Crippen molar-refractivity contribution in [3.8, 4) is 11.5 Å².